The van der Waals surface area contributed by atoms with Crippen molar-refractivity contribution in [2.75, 3.05) is 23.8 Å². The summed E-state index contributed by atoms with van der Waals surface area (Å²) in [5, 5.41) is 0. The number of hydrogen-bond donors (Lipinski definition) is 1. The van der Waals surface area contributed by atoms with Crippen LogP contribution in [-0.4, -0.2) is 43.2 Å². The summed E-state index contributed by atoms with van der Waals surface area (Å²) in [6, 6.07) is 4.73. The van der Waals surface area contributed by atoms with E-state index in [9.17, 15) is 18.0 Å². The molecule has 0 aromatic heterocycles. The Labute approximate surface area is 117 Å². The van der Waals surface area contributed by atoms with Crippen LogP contribution in [-0.2, 0) is 9.84 Å². The summed E-state index contributed by atoms with van der Waals surface area (Å²) in [5.74, 6) is -0.836. The van der Waals surface area contributed by atoms with E-state index >= 15 is 0 Å². The molecule has 0 saturated heterocycles. The van der Waals surface area contributed by atoms with Crippen LogP contribution in [0.5, 0.6) is 0 Å². The summed E-state index contributed by atoms with van der Waals surface area (Å²) >= 11 is 0. The molecule has 0 saturated carbocycles. The topological polar surface area (TPSA) is 97.5 Å². The van der Waals surface area contributed by atoms with Gasteiger partial charge in [-0.25, -0.2) is 8.42 Å². The predicted molar refractivity (Wildman–Crippen MR) is 75.2 cm³/mol. The number of nitrogens with two attached hydrogens (primary N) is 1. The highest BCUT2D eigenvalue weighted by Gasteiger charge is 2.36. The van der Waals surface area contributed by atoms with Crippen molar-refractivity contribution >= 4 is 27.3 Å². The summed E-state index contributed by atoms with van der Waals surface area (Å²) < 4.78 is 22.8. The minimum Gasteiger partial charge on any atom is -0.398 e. The van der Waals surface area contributed by atoms with E-state index in [1.54, 1.807) is 25.1 Å². The lowest BCUT2D eigenvalue weighted by Gasteiger charge is -2.13. The largest absolute Gasteiger partial charge is 0.398 e. The van der Waals surface area contributed by atoms with E-state index in [4.69, 9.17) is 5.73 Å². The van der Waals surface area contributed by atoms with E-state index in [1.165, 1.54) is 0 Å². The van der Waals surface area contributed by atoms with Gasteiger partial charge in [0.2, 0.25) is 0 Å². The first-order valence-corrected chi connectivity index (χ1v) is 8.14. The summed E-state index contributed by atoms with van der Waals surface area (Å²) in [5.41, 5.74) is 6.48. The van der Waals surface area contributed by atoms with Crippen molar-refractivity contribution in [2.45, 2.75) is 13.3 Å². The average Bonchev–Trinajstić information content (AvgIpc) is 2.65. The summed E-state index contributed by atoms with van der Waals surface area (Å²) in [6.07, 6.45) is 0.238. The van der Waals surface area contributed by atoms with E-state index in [1.807, 2.05) is 0 Å². The molecule has 20 heavy (non-hydrogen) atoms. The number of sulfone groups is 1. The molecular formula is C13H16N2O4S. The van der Waals surface area contributed by atoms with Gasteiger partial charge >= 0.3 is 0 Å². The molecule has 1 aromatic rings. The standard InChI is InChI=1S/C13H16N2O4S/c1-2-20(18,19)8-4-7-15-12(16)9-5-3-6-10(14)11(9)13(15)17/h3,5-6H,2,4,7-8,14H2,1H3. The lowest BCUT2D eigenvalue weighted by Crippen LogP contribution is -2.32. The average molecular weight is 296 g/mol. The van der Waals surface area contributed by atoms with Crippen molar-refractivity contribution in [1.82, 2.24) is 4.90 Å². The third-order valence-corrected chi connectivity index (χ3v) is 5.10. The van der Waals surface area contributed by atoms with Gasteiger partial charge in [0.15, 0.2) is 0 Å². The summed E-state index contributed by atoms with van der Waals surface area (Å²) in [7, 11) is -3.10. The van der Waals surface area contributed by atoms with Gasteiger partial charge in [0, 0.05) is 18.0 Å². The lowest BCUT2D eigenvalue weighted by atomic mass is 10.1. The van der Waals surface area contributed by atoms with Crippen LogP contribution < -0.4 is 5.73 Å². The molecule has 1 aliphatic rings. The minimum absolute atomic E-state index is 0.0353. The number of anilines is 1. The molecule has 6 nitrogen and oxygen atoms in total. The van der Waals surface area contributed by atoms with Crippen LogP contribution in [0.1, 0.15) is 34.1 Å². The second-order valence-corrected chi connectivity index (χ2v) is 7.09. The van der Waals surface area contributed by atoms with Crippen molar-refractivity contribution in [3.63, 3.8) is 0 Å². The molecular weight excluding hydrogens is 280 g/mol. The second-order valence-electron chi connectivity index (χ2n) is 4.62. The van der Waals surface area contributed by atoms with E-state index in [-0.39, 0.29) is 41.3 Å². The molecule has 2 rings (SSSR count). The molecule has 0 atom stereocenters. The van der Waals surface area contributed by atoms with Crippen LogP contribution in [0, 0.1) is 0 Å². The Morgan fingerprint density at radius 1 is 1.20 bits per heavy atom. The van der Waals surface area contributed by atoms with Gasteiger partial charge in [-0.2, -0.15) is 0 Å². The van der Waals surface area contributed by atoms with Gasteiger partial charge in [-0.05, 0) is 18.6 Å². The van der Waals surface area contributed by atoms with Crippen molar-refractivity contribution in [3.8, 4) is 0 Å². The Hall–Kier alpha value is -1.89. The van der Waals surface area contributed by atoms with Crippen LogP contribution in [0.15, 0.2) is 18.2 Å². The molecule has 2 amide bonds. The Balaban J connectivity index is 2.12. The van der Waals surface area contributed by atoms with Gasteiger partial charge in [0.1, 0.15) is 9.84 Å². The number of nitrogen functional groups attached to an aromatic ring is 1. The maximum atomic E-state index is 12.1. The third kappa shape index (κ3) is 2.53. The zero-order valence-electron chi connectivity index (χ0n) is 11.1. The number of rotatable bonds is 5. The molecule has 1 heterocycles. The van der Waals surface area contributed by atoms with E-state index in [2.05, 4.69) is 0 Å². The minimum atomic E-state index is -3.10. The molecule has 0 unspecified atom stereocenters. The van der Waals surface area contributed by atoms with E-state index in [0.717, 1.165) is 4.90 Å². The van der Waals surface area contributed by atoms with Gasteiger partial charge in [-0.3, -0.25) is 14.5 Å². The Bertz CT molecular complexity index is 667. The molecule has 0 fully saturated rings. The number of benzene rings is 1. The van der Waals surface area contributed by atoms with Gasteiger partial charge in [-0.15, -0.1) is 0 Å². The molecule has 0 radical (unpaired) electrons. The van der Waals surface area contributed by atoms with Crippen molar-refractivity contribution < 1.29 is 18.0 Å². The third-order valence-electron chi connectivity index (χ3n) is 3.31. The normalized spacial score (nSPS) is 14.8. The van der Waals surface area contributed by atoms with Crippen molar-refractivity contribution in [1.29, 1.82) is 0 Å². The fourth-order valence-electron chi connectivity index (χ4n) is 2.15. The maximum absolute atomic E-state index is 12.1. The van der Waals surface area contributed by atoms with Gasteiger partial charge in [-0.1, -0.05) is 13.0 Å². The fraction of sp³-hybridized carbons (Fsp3) is 0.385. The number of carbonyl (C=O) groups is 2. The molecule has 0 bridgehead atoms. The smallest absolute Gasteiger partial charge is 0.263 e. The first kappa shape index (κ1) is 14.5. The molecule has 1 aliphatic heterocycles. The van der Waals surface area contributed by atoms with E-state index < -0.39 is 21.7 Å². The van der Waals surface area contributed by atoms with Gasteiger partial charge in [0.25, 0.3) is 11.8 Å². The fourth-order valence-corrected chi connectivity index (χ4v) is 3.01. The Morgan fingerprint density at radius 2 is 1.90 bits per heavy atom. The first-order valence-electron chi connectivity index (χ1n) is 6.32. The molecule has 1 aromatic carbocycles. The highest BCUT2D eigenvalue weighted by atomic mass is 32.2. The monoisotopic (exact) mass is 296 g/mol. The number of fused-ring (bicyclic) bond motifs is 1. The zero-order chi connectivity index (χ0) is 14.9. The zero-order valence-corrected chi connectivity index (χ0v) is 11.9. The number of hydrogen-bond acceptors (Lipinski definition) is 5. The maximum Gasteiger partial charge on any atom is 0.263 e. The quantitative estimate of drug-likeness (QED) is 0.637. The number of carbonyl (C=O) groups excluding carboxylic acids is 2. The lowest BCUT2D eigenvalue weighted by molar-refractivity contribution is 0.0655. The summed E-state index contributed by atoms with van der Waals surface area (Å²) in [6.45, 7) is 1.66. The second kappa shape index (κ2) is 5.24. The number of imide groups is 1. The van der Waals surface area contributed by atoms with Crippen molar-refractivity contribution in [3.05, 3.63) is 29.3 Å². The van der Waals surface area contributed by atoms with Gasteiger partial charge in [0.05, 0.1) is 16.9 Å². The number of amides is 2. The SMILES string of the molecule is CCS(=O)(=O)CCCN1C(=O)c2cccc(N)c2C1=O. The van der Waals surface area contributed by atoms with Crippen LogP contribution in [0.2, 0.25) is 0 Å². The molecule has 2 N–H and O–H groups in total. The molecule has 0 spiro atoms. The highest BCUT2D eigenvalue weighted by Crippen LogP contribution is 2.27. The first-order chi connectivity index (χ1) is 9.37. The highest BCUT2D eigenvalue weighted by molar-refractivity contribution is 7.91. The van der Waals surface area contributed by atoms with Crippen LogP contribution in [0.4, 0.5) is 5.69 Å². The summed E-state index contributed by atoms with van der Waals surface area (Å²) in [4.78, 5) is 25.3. The van der Waals surface area contributed by atoms with E-state index in [0.29, 0.717) is 0 Å². The molecule has 108 valence electrons. The number of nitrogens with zero attached hydrogens (tertiary/aromatic N) is 1. The van der Waals surface area contributed by atoms with Crippen LogP contribution >= 0.6 is 0 Å². The molecule has 0 aliphatic carbocycles. The molecule has 7 heteroatoms. The predicted octanol–water partition coefficient (Wildman–Crippen LogP) is 0.690. The van der Waals surface area contributed by atoms with Crippen molar-refractivity contribution in [2.24, 2.45) is 0 Å². The van der Waals surface area contributed by atoms with Gasteiger partial charge < -0.3 is 5.73 Å². The Kier molecular flexibility index (Phi) is 3.80. The Morgan fingerprint density at radius 3 is 2.50 bits per heavy atom. The van der Waals surface area contributed by atoms with Crippen LogP contribution in [0.25, 0.3) is 0 Å². The van der Waals surface area contributed by atoms with Crippen LogP contribution in [0.3, 0.4) is 0 Å².